The number of nitrogens with one attached hydrogen (secondary N) is 1. The van der Waals surface area contributed by atoms with Gasteiger partial charge in [-0.1, -0.05) is 18.2 Å². The van der Waals surface area contributed by atoms with Gasteiger partial charge in [-0.3, -0.25) is 0 Å². The van der Waals surface area contributed by atoms with Gasteiger partial charge in [0.25, 0.3) is 0 Å². The maximum Gasteiger partial charge on any atom is 0.122 e. The Hall–Kier alpha value is -1.06. The molecule has 18 heavy (non-hydrogen) atoms. The minimum absolute atomic E-state index is 0.474. The molecule has 1 unspecified atom stereocenters. The van der Waals surface area contributed by atoms with Crippen molar-refractivity contribution in [3.8, 4) is 5.75 Å². The molecule has 0 aliphatic heterocycles. The molecule has 3 nitrogen and oxygen atoms in total. The van der Waals surface area contributed by atoms with Crippen LogP contribution in [0.2, 0.25) is 0 Å². The van der Waals surface area contributed by atoms with E-state index in [1.54, 1.807) is 7.11 Å². The molecule has 0 heterocycles. The largest absolute Gasteiger partial charge is 0.496 e. The molecule has 0 radical (unpaired) electrons. The molecule has 3 heteroatoms. The van der Waals surface area contributed by atoms with Crippen LogP contribution in [0, 0.1) is 0 Å². The molecular formula is C15H25NO2. The van der Waals surface area contributed by atoms with E-state index in [0.29, 0.717) is 6.04 Å². The number of hydrogen-bond acceptors (Lipinski definition) is 3. The van der Waals surface area contributed by atoms with Crippen LogP contribution in [0.1, 0.15) is 25.3 Å². The molecule has 0 spiro atoms. The SMILES string of the molecule is CCOCCCC(Cc1ccccc1OC)NC. The van der Waals surface area contributed by atoms with Gasteiger partial charge < -0.3 is 14.8 Å². The first-order chi connectivity index (χ1) is 8.81. The summed E-state index contributed by atoms with van der Waals surface area (Å²) >= 11 is 0. The number of ether oxygens (including phenoxy) is 2. The van der Waals surface area contributed by atoms with Crippen LogP contribution in [-0.4, -0.2) is 33.4 Å². The average Bonchev–Trinajstić information content (AvgIpc) is 2.42. The molecule has 0 saturated carbocycles. The van der Waals surface area contributed by atoms with Crippen molar-refractivity contribution in [3.05, 3.63) is 29.8 Å². The highest BCUT2D eigenvalue weighted by atomic mass is 16.5. The maximum absolute atomic E-state index is 5.38. The number of methoxy groups -OCH3 is 1. The lowest BCUT2D eigenvalue weighted by molar-refractivity contribution is 0.141. The first-order valence-corrected chi connectivity index (χ1v) is 6.68. The highest BCUT2D eigenvalue weighted by molar-refractivity contribution is 5.33. The van der Waals surface area contributed by atoms with E-state index >= 15 is 0 Å². The van der Waals surface area contributed by atoms with E-state index in [9.17, 15) is 0 Å². The highest BCUT2D eigenvalue weighted by Gasteiger charge is 2.10. The lowest BCUT2D eigenvalue weighted by Gasteiger charge is -2.17. The molecule has 0 amide bonds. The highest BCUT2D eigenvalue weighted by Crippen LogP contribution is 2.19. The monoisotopic (exact) mass is 251 g/mol. The van der Waals surface area contributed by atoms with Gasteiger partial charge in [0.1, 0.15) is 5.75 Å². The minimum Gasteiger partial charge on any atom is -0.496 e. The van der Waals surface area contributed by atoms with Crippen molar-refractivity contribution in [1.29, 1.82) is 0 Å². The van der Waals surface area contributed by atoms with Gasteiger partial charge in [-0.2, -0.15) is 0 Å². The molecule has 1 atom stereocenters. The van der Waals surface area contributed by atoms with E-state index in [1.807, 2.05) is 26.1 Å². The Bertz CT molecular complexity index is 328. The van der Waals surface area contributed by atoms with Crippen molar-refractivity contribution >= 4 is 0 Å². The third-order valence-electron chi connectivity index (χ3n) is 3.11. The van der Waals surface area contributed by atoms with Crippen LogP contribution in [0.15, 0.2) is 24.3 Å². The van der Waals surface area contributed by atoms with Gasteiger partial charge in [0.2, 0.25) is 0 Å². The average molecular weight is 251 g/mol. The van der Waals surface area contributed by atoms with Crippen molar-refractivity contribution in [1.82, 2.24) is 5.32 Å². The van der Waals surface area contributed by atoms with Crippen molar-refractivity contribution in [2.75, 3.05) is 27.4 Å². The van der Waals surface area contributed by atoms with Gasteiger partial charge >= 0.3 is 0 Å². The number of para-hydroxylation sites is 1. The Labute approximate surface area is 110 Å². The summed E-state index contributed by atoms with van der Waals surface area (Å²) in [5, 5.41) is 3.37. The van der Waals surface area contributed by atoms with Crippen LogP contribution in [0.4, 0.5) is 0 Å². The summed E-state index contributed by atoms with van der Waals surface area (Å²) in [6.45, 7) is 3.68. The molecule has 0 saturated heterocycles. The topological polar surface area (TPSA) is 30.5 Å². The van der Waals surface area contributed by atoms with Crippen LogP contribution in [-0.2, 0) is 11.2 Å². The zero-order valence-electron chi connectivity index (χ0n) is 11.7. The Morgan fingerprint density at radius 2 is 2.06 bits per heavy atom. The summed E-state index contributed by atoms with van der Waals surface area (Å²) < 4.78 is 10.8. The van der Waals surface area contributed by atoms with Crippen molar-refractivity contribution in [3.63, 3.8) is 0 Å². The second-order valence-electron chi connectivity index (χ2n) is 4.34. The molecule has 0 bridgehead atoms. The Morgan fingerprint density at radius 3 is 2.72 bits per heavy atom. The zero-order chi connectivity index (χ0) is 13.2. The molecule has 1 aromatic rings. The van der Waals surface area contributed by atoms with E-state index in [4.69, 9.17) is 9.47 Å². The maximum atomic E-state index is 5.38. The normalized spacial score (nSPS) is 12.4. The third kappa shape index (κ3) is 5.07. The number of benzene rings is 1. The molecule has 0 fully saturated rings. The zero-order valence-corrected chi connectivity index (χ0v) is 11.7. The summed E-state index contributed by atoms with van der Waals surface area (Å²) in [7, 11) is 3.74. The van der Waals surface area contributed by atoms with Crippen LogP contribution < -0.4 is 10.1 Å². The van der Waals surface area contributed by atoms with Crippen LogP contribution in [0.3, 0.4) is 0 Å². The van der Waals surface area contributed by atoms with E-state index < -0.39 is 0 Å². The van der Waals surface area contributed by atoms with Crippen LogP contribution >= 0.6 is 0 Å². The first kappa shape index (κ1) is 15.0. The van der Waals surface area contributed by atoms with Crippen molar-refractivity contribution < 1.29 is 9.47 Å². The van der Waals surface area contributed by atoms with E-state index in [2.05, 4.69) is 17.4 Å². The van der Waals surface area contributed by atoms with Crippen molar-refractivity contribution in [2.24, 2.45) is 0 Å². The molecule has 1 aromatic carbocycles. The van der Waals surface area contributed by atoms with Crippen LogP contribution in [0.25, 0.3) is 0 Å². The summed E-state index contributed by atoms with van der Waals surface area (Å²) in [6, 6.07) is 8.69. The fourth-order valence-electron chi connectivity index (χ4n) is 2.06. The fraction of sp³-hybridized carbons (Fsp3) is 0.600. The molecule has 1 rings (SSSR count). The molecular weight excluding hydrogens is 226 g/mol. The van der Waals surface area contributed by atoms with Gasteiger partial charge in [-0.25, -0.2) is 0 Å². The Morgan fingerprint density at radius 1 is 1.28 bits per heavy atom. The summed E-state index contributed by atoms with van der Waals surface area (Å²) in [5.74, 6) is 0.975. The lowest BCUT2D eigenvalue weighted by atomic mass is 10.0. The summed E-state index contributed by atoms with van der Waals surface area (Å²) in [4.78, 5) is 0. The summed E-state index contributed by atoms with van der Waals surface area (Å²) in [5.41, 5.74) is 1.26. The van der Waals surface area contributed by atoms with Gasteiger partial charge in [-0.05, 0) is 44.9 Å². The lowest BCUT2D eigenvalue weighted by Crippen LogP contribution is -2.28. The smallest absolute Gasteiger partial charge is 0.122 e. The van der Waals surface area contributed by atoms with E-state index in [1.165, 1.54) is 5.56 Å². The number of hydrogen-bond donors (Lipinski definition) is 1. The molecule has 102 valence electrons. The van der Waals surface area contributed by atoms with Crippen molar-refractivity contribution in [2.45, 2.75) is 32.2 Å². The first-order valence-electron chi connectivity index (χ1n) is 6.68. The van der Waals surface area contributed by atoms with E-state index in [0.717, 1.165) is 38.2 Å². The quantitative estimate of drug-likeness (QED) is 0.684. The second kappa shape index (κ2) is 8.95. The number of rotatable bonds is 9. The molecule has 0 aliphatic carbocycles. The standard InChI is InChI=1S/C15H25NO2/c1-4-18-11-7-9-14(16-2)12-13-8-5-6-10-15(13)17-3/h5-6,8,10,14,16H,4,7,9,11-12H2,1-3H3. The van der Waals surface area contributed by atoms with Crippen LogP contribution in [0.5, 0.6) is 5.75 Å². The molecule has 1 N–H and O–H groups in total. The van der Waals surface area contributed by atoms with Gasteiger partial charge in [0, 0.05) is 19.3 Å². The predicted octanol–water partition coefficient (Wildman–Crippen LogP) is 2.64. The second-order valence-corrected chi connectivity index (χ2v) is 4.34. The summed E-state index contributed by atoms with van der Waals surface area (Å²) in [6.07, 6.45) is 3.20. The van der Waals surface area contributed by atoms with Gasteiger partial charge in [0.05, 0.1) is 7.11 Å². The number of likely N-dealkylation sites (N-methyl/N-ethyl adjacent to an activating group) is 1. The van der Waals surface area contributed by atoms with E-state index in [-0.39, 0.29) is 0 Å². The van der Waals surface area contributed by atoms with Gasteiger partial charge in [-0.15, -0.1) is 0 Å². The van der Waals surface area contributed by atoms with Gasteiger partial charge in [0.15, 0.2) is 0 Å². The molecule has 0 aromatic heterocycles. The molecule has 0 aliphatic rings. The minimum atomic E-state index is 0.474. The fourth-order valence-corrected chi connectivity index (χ4v) is 2.06. The predicted molar refractivity (Wildman–Crippen MR) is 75.3 cm³/mol. The Kier molecular flexibility index (Phi) is 7.46. The third-order valence-corrected chi connectivity index (χ3v) is 3.11. The Balaban J connectivity index is 2.46.